The van der Waals surface area contributed by atoms with Gasteiger partial charge in [0, 0.05) is 29.2 Å². The van der Waals surface area contributed by atoms with E-state index in [1.165, 1.54) is 6.20 Å². The molecule has 0 spiro atoms. The van der Waals surface area contributed by atoms with Crippen molar-refractivity contribution in [2.45, 2.75) is 18.9 Å². The van der Waals surface area contributed by atoms with E-state index in [2.05, 4.69) is 0 Å². The van der Waals surface area contributed by atoms with Crippen molar-refractivity contribution < 1.29 is 19.8 Å². The third-order valence-electron chi connectivity index (χ3n) is 3.09. The van der Waals surface area contributed by atoms with Crippen LogP contribution in [0.3, 0.4) is 0 Å². The van der Waals surface area contributed by atoms with Crippen LogP contribution in [0.5, 0.6) is 0 Å². The van der Waals surface area contributed by atoms with Crippen molar-refractivity contribution in [2.24, 2.45) is 0 Å². The Balaban J connectivity index is 2.61. The second-order valence-electron chi connectivity index (χ2n) is 4.31. The molecule has 0 atom stereocenters. The van der Waals surface area contributed by atoms with Crippen molar-refractivity contribution in [1.29, 1.82) is 5.26 Å². The lowest BCUT2D eigenvalue weighted by Crippen LogP contribution is -2.20. The van der Waals surface area contributed by atoms with Crippen LogP contribution in [0.2, 0.25) is 0 Å². The summed E-state index contributed by atoms with van der Waals surface area (Å²) in [5, 5.41) is 27.4. The molecule has 0 saturated heterocycles. The third kappa shape index (κ3) is 2.34. The molecule has 0 unspecified atom stereocenters. The van der Waals surface area contributed by atoms with Crippen molar-refractivity contribution in [2.75, 3.05) is 0 Å². The number of benzene rings is 1. The van der Waals surface area contributed by atoms with Gasteiger partial charge in [0.2, 0.25) is 0 Å². The summed E-state index contributed by atoms with van der Waals surface area (Å²) in [6.45, 7) is 0.392. The van der Waals surface area contributed by atoms with Gasteiger partial charge in [0.05, 0.1) is 12.5 Å². The van der Waals surface area contributed by atoms with Gasteiger partial charge in [-0.2, -0.15) is 5.26 Å². The van der Waals surface area contributed by atoms with Gasteiger partial charge in [-0.15, -0.1) is 0 Å². The zero-order chi connectivity index (χ0) is 14.7. The lowest BCUT2D eigenvalue weighted by atomic mass is 9.99. The molecule has 0 fully saturated rings. The van der Waals surface area contributed by atoms with Crippen LogP contribution in [0.15, 0.2) is 30.5 Å². The molecule has 2 rings (SSSR count). The monoisotopic (exact) mass is 272 g/mol. The van der Waals surface area contributed by atoms with Crippen molar-refractivity contribution in [3.05, 3.63) is 36.0 Å². The van der Waals surface area contributed by atoms with Crippen LogP contribution in [0.1, 0.15) is 17.9 Å². The Morgan fingerprint density at radius 2 is 1.90 bits per heavy atom. The van der Waals surface area contributed by atoms with Gasteiger partial charge in [0.1, 0.15) is 0 Å². The number of fused-ring (bicyclic) bond motifs is 1. The van der Waals surface area contributed by atoms with Crippen molar-refractivity contribution in [3.63, 3.8) is 0 Å². The molecule has 1 heterocycles. The Kier molecular flexibility index (Phi) is 3.71. The van der Waals surface area contributed by atoms with E-state index in [9.17, 15) is 9.59 Å². The lowest BCUT2D eigenvalue weighted by molar-refractivity contribution is -0.149. The molecule has 0 aliphatic carbocycles. The molecule has 0 saturated carbocycles. The summed E-state index contributed by atoms with van der Waals surface area (Å²) in [6.07, 6.45) is 1.78. The molecule has 6 heteroatoms. The quantitative estimate of drug-likeness (QED) is 0.808. The van der Waals surface area contributed by atoms with E-state index in [4.69, 9.17) is 15.5 Å². The van der Waals surface area contributed by atoms with Crippen LogP contribution in [0.25, 0.3) is 10.9 Å². The van der Waals surface area contributed by atoms with Gasteiger partial charge in [0.25, 0.3) is 0 Å². The smallest absolute Gasteiger partial charge is 0.322 e. The van der Waals surface area contributed by atoms with Crippen LogP contribution in [-0.4, -0.2) is 26.7 Å². The third-order valence-corrected chi connectivity index (χ3v) is 3.09. The summed E-state index contributed by atoms with van der Waals surface area (Å²) in [7, 11) is 0. The minimum absolute atomic E-state index is 0.235. The molecule has 0 aliphatic rings. The largest absolute Gasteiger partial charge is 0.480 e. The SMILES string of the molecule is N#CCCn1cc(C(C(=O)O)C(=O)O)c2ccccc21. The number of nitrogens with zero attached hydrogens (tertiary/aromatic N) is 2. The minimum atomic E-state index is -1.61. The van der Waals surface area contributed by atoms with Gasteiger partial charge >= 0.3 is 11.9 Å². The standard InChI is InChI=1S/C14H12N2O4/c15-6-3-7-16-8-10(12(13(17)18)14(19)20)9-4-1-2-5-11(9)16/h1-2,4-5,8,12H,3,7H2,(H,17,18)(H,19,20). The van der Waals surface area contributed by atoms with Gasteiger partial charge < -0.3 is 14.8 Å². The maximum absolute atomic E-state index is 11.2. The lowest BCUT2D eigenvalue weighted by Gasteiger charge is -2.05. The molecule has 1 aromatic carbocycles. The number of carboxylic acids is 2. The van der Waals surface area contributed by atoms with E-state index in [1.54, 1.807) is 28.8 Å². The maximum Gasteiger partial charge on any atom is 0.322 e. The number of hydrogen-bond acceptors (Lipinski definition) is 3. The first-order valence-electron chi connectivity index (χ1n) is 5.96. The molecule has 0 bridgehead atoms. The van der Waals surface area contributed by atoms with Crippen molar-refractivity contribution in [1.82, 2.24) is 4.57 Å². The number of carbonyl (C=O) groups is 2. The number of aliphatic carboxylic acids is 2. The number of carboxylic acid groups (broad SMARTS) is 2. The minimum Gasteiger partial charge on any atom is -0.480 e. The first-order chi connectivity index (χ1) is 9.56. The Labute approximate surface area is 114 Å². The second-order valence-corrected chi connectivity index (χ2v) is 4.31. The fraction of sp³-hybridized carbons (Fsp3) is 0.214. The first-order valence-corrected chi connectivity index (χ1v) is 5.96. The average Bonchev–Trinajstić information content (AvgIpc) is 2.75. The molecule has 20 heavy (non-hydrogen) atoms. The van der Waals surface area contributed by atoms with E-state index < -0.39 is 17.9 Å². The predicted octanol–water partition coefficient (Wildman–Crippen LogP) is 1.81. The summed E-state index contributed by atoms with van der Waals surface area (Å²) < 4.78 is 1.72. The highest BCUT2D eigenvalue weighted by Gasteiger charge is 2.30. The zero-order valence-electron chi connectivity index (χ0n) is 10.5. The first kappa shape index (κ1) is 13.6. The fourth-order valence-corrected chi connectivity index (χ4v) is 2.23. The van der Waals surface area contributed by atoms with Crippen LogP contribution < -0.4 is 0 Å². The van der Waals surface area contributed by atoms with Gasteiger partial charge in [0.15, 0.2) is 5.92 Å². The van der Waals surface area contributed by atoms with Gasteiger partial charge in [-0.1, -0.05) is 18.2 Å². The number of nitriles is 1. The van der Waals surface area contributed by atoms with E-state index in [1.807, 2.05) is 6.07 Å². The van der Waals surface area contributed by atoms with Crippen LogP contribution in [0, 0.1) is 11.3 Å². The molecule has 0 amide bonds. The number of rotatable bonds is 5. The average molecular weight is 272 g/mol. The van der Waals surface area contributed by atoms with E-state index in [0.717, 1.165) is 5.52 Å². The summed E-state index contributed by atoms with van der Waals surface area (Å²) >= 11 is 0. The molecular formula is C14H12N2O4. The van der Waals surface area contributed by atoms with Gasteiger partial charge in [-0.25, -0.2) is 0 Å². The summed E-state index contributed by atoms with van der Waals surface area (Å²) in [4.78, 5) is 22.3. The van der Waals surface area contributed by atoms with Crippen LogP contribution >= 0.6 is 0 Å². The van der Waals surface area contributed by atoms with E-state index in [0.29, 0.717) is 11.9 Å². The highest BCUT2D eigenvalue weighted by molar-refractivity contribution is 6.03. The summed E-state index contributed by atoms with van der Waals surface area (Å²) in [5.74, 6) is -4.41. The van der Waals surface area contributed by atoms with Crippen molar-refractivity contribution >= 4 is 22.8 Å². The molecular weight excluding hydrogens is 260 g/mol. The molecule has 2 N–H and O–H groups in total. The highest BCUT2D eigenvalue weighted by Crippen LogP contribution is 2.28. The number of para-hydroxylation sites is 1. The van der Waals surface area contributed by atoms with Crippen LogP contribution in [0.4, 0.5) is 0 Å². The second kappa shape index (κ2) is 5.45. The Morgan fingerprint density at radius 1 is 1.25 bits per heavy atom. The molecule has 0 radical (unpaired) electrons. The Morgan fingerprint density at radius 3 is 2.50 bits per heavy atom. The zero-order valence-corrected chi connectivity index (χ0v) is 10.5. The molecule has 102 valence electrons. The topological polar surface area (TPSA) is 103 Å². The number of hydrogen-bond donors (Lipinski definition) is 2. The van der Waals surface area contributed by atoms with Gasteiger partial charge in [-0.05, 0) is 6.07 Å². The molecule has 2 aromatic rings. The molecule has 6 nitrogen and oxygen atoms in total. The molecule has 1 aromatic heterocycles. The number of aromatic nitrogens is 1. The van der Waals surface area contributed by atoms with Crippen molar-refractivity contribution in [3.8, 4) is 6.07 Å². The highest BCUT2D eigenvalue weighted by atomic mass is 16.4. The fourth-order valence-electron chi connectivity index (χ4n) is 2.23. The Bertz CT molecular complexity index is 698. The Hall–Kier alpha value is -2.81. The predicted molar refractivity (Wildman–Crippen MR) is 70.2 cm³/mol. The van der Waals surface area contributed by atoms with Gasteiger partial charge in [-0.3, -0.25) is 9.59 Å². The maximum atomic E-state index is 11.2. The summed E-state index contributed by atoms with van der Waals surface area (Å²) in [6, 6.07) is 8.98. The summed E-state index contributed by atoms with van der Waals surface area (Å²) in [5.41, 5.74) is 0.962. The van der Waals surface area contributed by atoms with E-state index in [-0.39, 0.29) is 12.0 Å². The molecule has 0 aliphatic heterocycles. The normalized spacial score (nSPS) is 10.6. The van der Waals surface area contributed by atoms with E-state index >= 15 is 0 Å². The van der Waals surface area contributed by atoms with Crippen LogP contribution in [-0.2, 0) is 16.1 Å². The number of aryl methyl sites for hydroxylation is 1.